The average molecular weight is 295 g/mol. The SMILES string of the molecule is CCn1nccc1-c1cc(C(=O)O)c2cc(C)cc(C)c2n1. The Hall–Kier alpha value is -2.69. The fraction of sp³-hybridized carbons (Fsp3) is 0.235. The number of aryl methyl sites for hydroxylation is 3. The van der Waals surface area contributed by atoms with E-state index in [1.54, 1.807) is 12.3 Å². The molecule has 5 heteroatoms. The van der Waals surface area contributed by atoms with Crippen molar-refractivity contribution in [3.63, 3.8) is 0 Å². The highest BCUT2D eigenvalue weighted by molar-refractivity contribution is 6.04. The number of nitrogens with zero attached hydrogens (tertiary/aromatic N) is 3. The molecule has 0 unspecified atom stereocenters. The highest BCUT2D eigenvalue weighted by atomic mass is 16.4. The Morgan fingerprint density at radius 1 is 1.27 bits per heavy atom. The molecular formula is C17H17N3O2. The molecule has 1 N–H and O–H groups in total. The normalized spacial score (nSPS) is 11.0. The minimum absolute atomic E-state index is 0.274. The first-order valence-electron chi connectivity index (χ1n) is 7.18. The van der Waals surface area contributed by atoms with E-state index in [1.165, 1.54) is 0 Å². The summed E-state index contributed by atoms with van der Waals surface area (Å²) in [7, 11) is 0. The molecule has 22 heavy (non-hydrogen) atoms. The smallest absolute Gasteiger partial charge is 0.336 e. The van der Waals surface area contributed by atoms with Gasteiger partial charge in [-0.2, -0.15) is 5.10 Å². The molecule has 0 bridgehead atoms. The lowest BCUT2D eigenvalue weighted by atomic mass is 10.0. The summed E-state index contributed by atoms with van der Waals surface area (Å²) in [6.45, 7) is 6.61. The molecule has 0 aliphatic rings. The first-order valence-corrected chi connectivity index (χ1v) is 7.18. The van der Waals surface area contributed by atoms with Crippen molar-refractivity contribution in [3.05, 3.63) is 47.2 Å². The first kappa shape index (κ1) is 14.3. The molecule has 0 saturated heterocycles. The highest BCUT2D eigenvalue weighted by Gasteiger charge is 2.16. The van der Waals surface area contributed by atoms with Gasteiger partial charge in [-0.05, 0) is 44.5 Å². The number of pyridine rings is 1. The van der Waals surface area contributed by atoms with E-state index in [2.05, 4.69) is 10.1 Å². The van der Waals surface area contributed by atoms with Crippen LogP contribution in [-0.2, 0) is 6.54 Å². The van der Waals surface area contributed by atoms with Crippen LogP contribution < -0.4 is 0 Å². The van der Waals surface area contributed by atoms with E-state index in [0.29, 0.717) is 17.6 Å². The highest BCUT2D eigenvalue weighted by Crippen LogP contribution is 2.27. The zero-order valence-corrected chi connectivity index (χ0v) is 12.8. The number of hydrogen-bond acceptors (Lipinski definition) is 3. The minimum Gasteiger partial charge on any atom is -0.478 e. The van der Waals surface area contributed by atoms with Crippen molar-refractivity contribution in [1.29, 1.82) is 0 Å². The van der Waals surface area contributed by atoms with Crippen molar-refractivity contribution >= 4 is 16.9 Å². The van der Waals surface area contributed by atoms with Gasteiger partial charge in [0.25, 0.3) is 0 Å². The lowest BCUT2D eigenvalue weighted by molar-refractivity contribution is 0.0699. The molecule has 0 amide bonds. The largest absolute Gasteiger partial charge is 0.478 e. The van der Waals surface area contributed by atoms with Gasteiger partial charge < -0.3 is 5.11 Å². The van der Waals surface area contributed by atoms with E-state index in [1.807, 2.05) is 43.7 Å². The minimum atomic E-state index is -0.943. The van der Waals surface area contributed by atoms with Gasteiger partial charge in [0.15, 0.2) is 0 Å². The van der Waals surface area contributed by atoms with Gasteiger partial charge in [-0.3, -0.25) is 4.68 Å². The summed E-state index contributed by atoms with van der Waals surface area (Å²) >= 11 is 0. The Kier molecular flexibility index (Phi) is 3.41. The number of hydrogen-bond donors (Lipinski definition) is 1. The molecule has 0 aliphatic carbocycles. The van der Waals surface area contributed by atoms with Crippen molar-refractivity contribution in [2.75, 3.05) is 0 Å². The zero-order valence-electron chi connectivity index (χ0n) is 12.8. The second-order valence-electron chi connectivity index (χ2n) is 5.37. The van der Waals surface area contributed by atoms with Gasteiger partial charge in [0.05, 0.1) is 22.5 Å². The third-order valence-corrected chi connectivity index (χ3v) is 3.76. The summed E-state index contributed by atoms with van der Waals surface area (Å²) in [5, 5.41) is 14.5. The molecule has 2 heterocycles. The van der Waals surface area contributed by atoms with Gasteiger partial charge >= 0.3 is 5.97 Å². The van der Waals surface area contributed by atoms with Crippen LogP contribution in [0.2, 0.25) is 0 Å². The van der Waals surface area contributed by atoms with Gasteiger partial charge in [0, 0.05) is 18.1 Å². The predicted octanol–water partition coefficient (Wildman–Crippen LogP) is 3.43. The molecule has 0 radical (unpaired) electrons. The van der Waals surface area contributed by atoms with Crippen molar-refractivity contribution < 1.29 is 9.90 Å². The van der Waals surface area contributed by atoms with Gasteiger partial charge in [0.1, 0.15) is 0 Å². The fourth-order valence-electron chi connectivity index (χ4n) is 2.79. The maximum absolute atomic E-state index is 11.7. The Morgan fingerprint density at radius 2 is 2.05 bits per heavy atom. The molecule has 0 fully saturated rings. The van der Waals surface area contributed by atoms with E-state index in [9.17, 15) is 9.90 Å². The number of benzene rings is 1. The number of carbonyl (C=O) groups is 1. The van der Waals surface area contributed by atoms with Crippen LogP contribution in [0.15, 0.2) is 30.5 Å². The number of rotatable bonds is 3. The van der Waals surface area contributed by atoms with Gasteiger partial charge in [-0.15, -0.1) is 0 Å². The molecular weight excluding hydrogens is 278 g/mol. The molecule has 0 saturated carbocycles. The van der Waals surface area contributed by atoms with Crippen LogP contribution in [0.5, 0.6) is 0 Å². The Morgan fingerprint density at radius 3 is 2.73 bits per heavy atom. The molecule has 0 aliphatic heterocycles. The molecule has 3 aromatic rings. The summed E-state index contributed by atoms with van der Waals surface area (Å²) in [6, 6.07) is 7.38. The quantitative estimate of drug-likeness (QED) is 0.803. The lowest BCUT2D eigenvalue weighted by Gasteiger charge is -2.11. The van der Waals surface area contributed by atoms with Crippen LogP contribution in [0.1, 0.15) is 28.4 Å². The number of fused-ring (bicyclic) bond motifs is 1. The second-order valence-corrected chi connectivity index (χ2v) is 5.37. The molecule has 112 valence electrons. The van der Waals surface area contributed by atoms with Crippen LogP contribution >= 0.6 is 0 Å². The summed E-state index contributed by atoms with van der Waals surface area (Å²) in [5.41, 5.74) is 4.46. The number of carboxylic acid groups (broad SMARTS) is 1. The summed E-state index contributed by atoms with van der Waals surface area (Å²) in [5.74, 6) is -0.943. The summed E-state index contributed by atoms with van der Waals surface area (Å²) in [6.07, 6.45) is 1.70. The lowest BCUT2D eigenvalue weighted by Crippen LogP contribution is -2.04. The Balaban J connectivity index is 2.37. The first-order chi connectivity index (χ1) is 10.5. The van der Waals surface area contributed by atoms with Gasteiger partial charge in [-0.1, -0.05) is 11.6 Å². The Bertz CT molecular complexity index is 881. The van der Waals surface area contributed by atoms with Gasteiger partial charge in [0.2, 0.25) is 0 Å². The molecule has 0 atom stereocenters. The van der Waals surface area contributed by atoms with Crippen molar-refractivity contribution in [1.82, 2.24) is 14.8 Å². The number of aromatic nitrogens is 3. The second kappa shape index (κ2) is 5.26. The molecule has 0 spiro atoms. The van der Waals surface area contributed by atoms with Crippen LogP contribution in [0.4, 0.5) is 0 Å². The van der Waals surface area contributed by atoms with Crippen molar-refractivity contribution in [3.8, 4) is 11.4 Å². The monoisotopic (exact) mass is 295 g/mol. The van der Waals surface area contributed by atoms with E-state index in [-0.39, 0.29) is 5.56 Å². The molecule has 5 nitrogen and oxygen atoms in total. The van der Waals surface area contributed by atoms with E-state index < -0.39 is 5.97 Å². The fourth-order valence-corrected chi connectivity index (χ4v) is 2.79. The van der Waals surface area contributed by atoms with Crippen LogP contribution in [-0.4, -0.2) is 25.8 Å². The predicted molar refractivity (Wildman–Crippen MR) is 85.1 cm³/mol. The molecule has 3 rings (SSSR count). The van der Waals surface area contributed by atoms with Crippen LogP contribution in [0.3, 0.4) is 0 Å². The van der Waals surface area contributed by atoms with Crippen molar-refractivity contribution in [2.45, 2.75) is 27.3 Å². The van der Waals surface area contributed by atoms with Crippen LogP contribution in [0.25, 0.3) is 22.3 Å². The Labute approximate surface area is 128 Å². The third-order valence-electron chi connectivity index (χ3n) is 3.76. The maximum Gasteiger partial charge on any atom is 0.336 e. The molecule has 2 aromatic heterocycles. The van der Waals surface area contributed by atoms with E-state index in [0.717, 1.165) is 22.3 Å². The number of carboxylic acids is 1. The summed E-state index contributed by atoms with van der Waals surface area (Å²) in [4.78, 5) is 16.3. The topological polar surface area (TPSA) is 68.0 Å². The zero-order chi connectivity index (χ0) is 15.9. The average Bonchev–Trinajstić information content (AvgIpc) is 2.94. The van der Waals surface area contributed by atoms with E-state index in [4.69, 9.17) is 0 Å². The van der Waals surface area contributed by atoms with Crippen LogP contribution in [0, 0.1) is 13.8 Å². The maximum atomic E-state index is 11.7. The molecule has 1 aromatic carbocycles. The van der Waals surface area contributed by atoms with E-state index >= 15 is 0 Å². The number of aromatic carboxylic acids is 1. The third kappa shape index (κ3) is 2.24. The van der Waals surface area contributed by atoms with Gasteiger partial charge in [-0.25, -0.2) is 9.78 Å². The summed E-state index contributed by atoms with van der Waals surface area (Å²) < 4.78 is 1.81. The van der Waals surface area contributed by atoms with Crippen molar-refractivity contribution in [2.24, 2.45) is 0 Å². The standard InChI is InChI=1S/C17H17N3O2/c1-4-20-15(5-6-18-20)14-9-13(17(21)22)12-8-10(2)7-11(3)16(12)19-14/h5-9H,4H2,1-3H3,(H,21,22).